The van der Waals surface area contributed by atoms with E-state index in [0.717, 1.165) is 29.2 Å². The fraction of sp³-hybridized carbons (Fsp3) is 0.393. The molecule has 246 valence electrons. The highest BCUT2D eigenvalue weighted by atomic mass is 16.7. The van der Waals surface area contributed by atoms with Crippen molar-refractivity contribution in [2.24, 2.45) is 22.2 Å². The Kier molecular flexibility index (Phi) is 12.0. The SMILES string of the molecule is NCCC(=O)N1CCC[C@H]1C(=O)N([N+](=O)[O-])[C@@](CCCN=C(N)N)(C(=O)Nc1ccc([N+](=O)[O-])cc1)C(=O)OCc1ccccc1. The molecule has 0 radical (unpaired) electrons. The van der Waals surface area contributed by atoms with Crippen LogP contribution >= 0.6 is 0 Å². The van der Waals surface area contributed by atoms with Gasteiger partial charge >= 0.3 is 11.9 Å². The summed E-state index contributed by atoms with van der Waals surface area (Å²) in [6.07, 6.45) is -0.696. The number of non-ortho nitro benzene ring substituents is 1. The summed E-state index contributed by atoms with van der Waals surface area (Å²) < 4.78 is 5.47. The number of guanidine groups is 1. The number of nitrogens with one attached hydrogen (secondary N) is 1. The maximum absolute atomic E-state index is 14.2. The van der Waals surface area contributed by atoms with E-state index in [-0.39, 0.29) is 61.2 Å². The molecule has 0 spiro atoms. The average molecular weight is 642 g/mol. The van der Waals surface area contributed by atoms with Crippen LogP contribution in [0.4, 0.5) is 11.4 Å². The number of benzene rings is 2. The van der Waals surface area contributed by atoms with Crippen molar-refractivity contribution >= 4 is 41.0 Å². The molecular formula is C28H35N9O9. The smallest absolute Gasteiger partial charge is 0.348 e. The quantitative estimate of drug-likeness (QED) is 0.0392. The van der Waals surface area contributed by atoms with E-state index in [9.17, 15) is 39.4 Å². The van der Waals surface area contributed by atoms with E-state index in [2.05, 4.69) is 10.3 Å². The van der Waals surface area contributed by atoms with Crippen molar-refractivity contribution in [2.45, 2.75) is 50.3 Å². The van der Waals surface area contributed by atoms with Gasteiger partial charge in [-0.3, -0.25) is 29.5 Å². The zero-order valence-corrected chi connectivity index (χ0v) is 24.8. The number of nitrogens with two attached hydrogens (primary N) is 3. The predicted molar refractivity (Wildman–Crippen MR) is 163 cm³/mol. The lowest BCUT2D eigenvalue weighted by Gasteiger charge is -2.35. The Bertz CT molecular complexity index is 1470. The van der Waals surface area contributed by atoms with Crippen molar-refractivity contribution in [3.05, 3.63) is 80.4 Å². The molecule has 0 unspecified atom stereocenters. The third-order valence-corrected chi connectivity index (χ3v) is 7.20. The first kappa shape index (κ1) is 34.8. The first-order valence-corrected chi connectivity index (χ1v) is 14.2. The molecular weight excluding hydrogens is 606 g/mol. The number of hydrazine groups is 1. The van der Waals surface area contributed by atoms with E-state index in [1.165, 1.54) is 0 Å². The summed E-state index contributed by atoms with van der Waals surface area (Å²) in [5, 5.41) is 25.0. The van der Waals surface area contributed by atoms with Gasteiger partial charge in [0.05, 0.1) is 4.92 Å². The van der Waals surface area contributed by atoms with Crippen molar-refractivity contribution in [3.63, 3.8) is 0 Å². The summed E-state index contributed by atoms with van der Waals surface area (Å²) in [6.45, 7) is -0.533. The first-order chi connectivity index (χ1) is 21.9. The molecule has 1 saturated heterocycles. The molecule has 0 aromatic heterocycles. The number of nitro groups is 2. The third kappa shape index (κ3) is 8.29. The number of anilines is 1. The molecule has 2 aromatic carbocycles. The van der Waals surface area contributed by atoms with Crippen LogP contribution in [0, 0.1) is 20.2 Å². The van der Waals surface area contributed by atoms with Crippen LogP contribution in [-0.2, 0) is 30.5 Å². The molecule has 18 heteroatoms. The van der Waals surface area contributed by atoms with Gasteiger partial charge in [-0.2, -0.15) is 0 Å². The summed E-state index contributed by atoms with van der Waals surface area (Å²) in [5.74, 6) is -4.93. The Morgan fingerprint density at radius 2 is 1.74 bits per heavy atom. The Hall–Kier alpha value is -5.65. The Balaban J connectivity index is 2.15. The summed E-state index contributed by atoms with van der Waals surface area (Å²) in [4.78, 5) is 83.3. The van der Waals surface area contributed by atoms with Gasteiger partial charge in [-0.05, 0) is 48.4 Å². The molecule has 1 aliphatic heterocycles. The van der Waals surface area contributed by atoms with Gasteiger partial charge in [-0.1, -0.05) is 30.3 Å². The minimum absolute atomic E-state index is 0.0204. The van der Waals surface area contributed by atoms with Crippen molar-refractivity contribution in [3.8, 4) is 0 Å². The fourth-order valence-corrected chi connectivity index (χ4v) is 5.02. The molecule has 7 N–H and O–H groups in total. The standard InChI is InChI=1S/C28H35N9O9/c29-15-13-23(38)34-17-4-8-22(34)24(39)35(37(44)45)28(14-5-16-32-27(30)31,26(41)46-18-19-6-2-1-3-7-19)25(40)33-20-9-11-21(12-10-20)36(42)43/h1-3,6-7,9-12,22H,4-5,8,13-18,29H2,(H,33,40)(H4,30,31,32)/t22-,28-/m0/s1. The molecule has 2 aromatic rings. The van der Waals surface area contributed by atoms with Crippen LogP contribution in [0.1, 0.15) is 37.7 Å². The fourth-order valence-electron chi connectivity index (χ4n) is 5.02. The minimum atomic E-state index is -2.96. The van der Waals surface area contributed by atoms with E-state index in [0.29, 0.717) is 12.0 Å². The van der Waals surface area contributed by atoms with Gasteiger partial charge < -0.3 is 32.2 Å². The van der Waals surface area contributed by atoms with E-state index < -0.39 is 58.3 Å². The number of aliphatic imine (C=N–C) groups is 1. The number of nitro benzene ring substituents is 1. The number of carbonyl (C=O) groups is 4. The van der Waals surface area contributed by atoms with Crippen LogP contribution in [0.3, 0.4) is 0 Å². The molecule has 1 aliphatic rings. The highest BCUT2D eigenvalue weighted by molar-refractivity contribution is 6.15. The minimum Gasteiger partial charge on any atom is -0.458 e. The largest absolute Gasteiger partial charge is 0.458 e. The summed E-state index contributed by atoms with van der Waals surface area (Å²) in [5.41, 5.74) is 13.5. The molecule has 46 heavy (non-hydrogen) atoms. The number of hydrogen-bond acceptors (Lipinski definition) is 11. The number of ether oxygens (including phenoxy) is 1. The Morgan fingerprint density at radius 3 is 2.33 bits per heavy atom. The summed E-state index contributed by atoms with van der Waals surface area (Å²) in [7, 11) is 0. The molecule has 3 amide bonds. The van der Waals surface area contributed by atoms with Crippen LogP contribution in [0.15, 0.2) is 59.6 Å². The molecule has 2 atom stereocenters. The molecule has 0 bridgehead atoms. The number of hydrogen-bond donors (Lipinski definition) is 4. The molecule has 18 nitrogen and oxygen atoms in total. The highest BCUT2D eigenvalue weighted by Crippen LogP contribution is 2.31. The van der Waals surface area contributed by atoms with Crippen molar-refractivity contribution in [1.29, 1.82) is 0 Å². The number of esters is 1. The Labute approximate surface area is 262 Å². The second-order valence-corrected chi connectivity index (χ2v) is 10.3. The number of amides is 3. The van der Waals surface area contributed by atoms with Crippen LogP contribution in [0.2, 0.25) is 0 Å². The van der Waals surface area contributed by atoms with Crippen LogP contribution in [-0.4, -0.2) is 80.7 Å². The summed E-state index contributed by atoms with van der Waals surface area (Å²) >= 11 is 0. The maximum Gasteiger partial charge on any atom is 0.348 e. The lowest BCUT2D eigenvalue weighted by molar-refractivity contribution is -0.646. The third-order valence-electron chi connectivity index (χ3n) is 7.20. The highest BCUT2D eigenvalue weighted by Gasteiger charge is 2.62. The first-order valence-electron chi connectivity index (χ1n) is 14.2. The monoisotopic (exact) mass is 641 g/mol. The molecule has 3 rings (SSSR count). The zero-order chi connectivity index (χ0) is 33.9. The topological polar surface area (TPSA) is 273 Å². The maximum atomic E-state index is 14.2. The normalized spacial score (nSPS) is 15.2. The molecule has 1 fully saturated rings. The number of rotatable bonds is 15. The van der Waals surface area contributed by atoms with Crippen molar-refractivity contribution < 1.29 is 33.9 Å². The van der Waals surface area contributed by atoms with Gasteiger partial charge in [0.2, 0.25) is 5.91 Å². The van der Waals surface area contributed by atoms with Crippen LogP contribution < -0.4 is 22.5 Å². The van der Waals surface area contributed by atoms with Gasteiger partial charge in [0.25, 0.3) is 17.1 Å². The lowest BCUT2D eigenvalue weighted by atomic mass is 9.89. The van der Waals surface area contributed by atoms with Crippen molar-refractivity contribution in [2.75, 3.05) is 25.0 Å². The van der Waals surface area contributed by atoms with Crippen LogP contribution in [0.25, 0.3) is 0 Å². The molecule has 0 saturated carbocycles. The van der Waals surface area contributed by atoms with Gasteiger partial charge in [0.1, 0.15) is 12.6 Å². The van der Waals surface area contributed by atoms with Gasteiger partial charge in [-0.15, -0.1) is 0 Å². The lowest BCUT2D eigenvalue weighted by Crippen LogP contribution is -2.68. The molecule has 0 aliphatic carbocycles. The summed E-state index contributed by atoms with van der Waals surface area (Å²) in [6, 6.07) is 11.3. The van der Waals surface area contributed by atoms with E-state index in [1.807, 2.05) is 0 Å². The van der Waals surface area contributed by atoms with Gasteiger partial charge in [-0.25, -0.2) is 14.9 Å². The second kappa shape index (κ2) is 15.9. The number of likely N-dealkylation sites (tertiary alicyclic amines) is 1. The van der Waals surface area contributed by atoms with E-state index >= 15 is 0 Å². The predicted octanol–water partition coefficient (Wildman–Crippen LogP) is 0.429. The zero-order valence-electron chi connectivity index (χ0n) is 24.8. The van der Waals surface area contributed by atoms with Crippen LogP contribution in [0.5, 0.6) is 0 Å². The van der Waals surface area contributed by atoms with Gasteiger partial charge in [0.15, 0.2) is 11.0 Å². The second-order valence-electron chi connectivity index (χ2n) is 10.3. The van der Waals surface area contributed by atoms with Crippen molar-refractivity contribution in [1.82, 2.24) is 9.91 Å². The van der Waals surface area contributed by atoms with E-state index in [1.54, 1.807) is 30.3 Å². The van der Waals surface area contributed by atoms with Gasteiger partial charge in [0, 0.05) is 43.9 Å². The number of carbonyl (C=O) groups excluding carboxylic acids is 4. The molecule has 1 heterocycles. The average Bonchev–Trinajstić information content (AvgIpc) is 3.52. The Morgan fingerprint density at radius 1 is 1.07 bits per heavy atom. The number of nitrogens with zero attached hydrogens (tertiary/aromatic N) is 5. The van der Waals surface area contributed by atoms with E-state index in [4.69, 9.17) is 21.9 Å².